The number of ether oxygens (including phenoxy) is 3. The normalized spacial score (nSPS) is 11.7. The minimum Gasteiger partial charge on any atom is -0.496 e. The van der Waals surface area contributed by atoms with Gasteiger partial charge in [0, 0.05) is 18.2 Å². The third kappa shape index (κ3) is 3.84. The van der Waals surface area contributed by atoms with E-state index in [4.69, 9.17) is 25.1 Å². The predicted octanol–water partition coefficient (Wildman–Crippen LogP) is 0.494. The molecule has 0 bridgehead atoms. The Hall–Kier alpha value is -1.95. The van der Waals surface area contributed by atoms with Gasteiger partial charge in [0.2, 0.25) is 0 Å². The van der Waals surface area contributed by atoms with E-state index in [-0.39, 0.29) is 6.61 Å². The second-order valence-electron chi connectivity index (χ2n) is 3.30. The Morgan fingerprint density at radius 2 is 1.71 bits per heavy atom. The molecule has 1 aromatic carbocycles. The maximum atomic E-state index is 10.5. The molecule has 0 aliphatic rings. The summed E-state index contributed by atoms with van der Waals surface area (Å²) >= 11 is 0. The van der Waals surface area contributed by atoms with Crippen molar-refractivity contribution in [3.05, 3.63) is 18.2 Å². The molecule has 0 aliphatic heterocycles. The van der Waals surface area contributed by atoms with Gasteiger partial charge in [0.25, 0.3) is 0 Å². The zero-order chi connectivity index (χ0) is 12.8. The Kier molecular flexibility index (Phi) is 4.59. The van der Waals surface area contributed by atoms with Crippen LogP contribution in [0.1, 0.15) is 0 Å². The van der Waals surface area contributed by atoms with Crippen LogP contribution >= 0.6 is 0 Å². The summed E-state index contributed by atoms with van der Waals surface area (Å²) in [5.41, 5.74) is 5.32. The first-order valence-corrected chi connectivity index (χ1v) is 4.91. The molecule has 17 heavy (non-hydrogen) atoms. The molecule has 6 heteroatoms. The second-order valence-corrected chi connectivity index (χ2v) is 3.30. The lowest BCUT2D eigenvalue weighted by Crippen LogP contribution is -2.36. The number of carboxylic acids is 1. The van der Waals surface area contributed by atoms with Gasteiger partial charge in [-0.2, -0.15) is 0 Å². The van der Waals surface area contributed by atoms with Crippen molar-refractivity contribution in [1.29, 1.82) is 0 Å². The molecule has 0 aromatic heterocycles. The Morgan fingerprint density at radius 1 is 1.24 bits per heavy atom. The summed E-state index contributed by atoms with van der Waals surface area (Å²) in [5.74, 6) is 0.448. The van der Waals surface area contributed by atoms with Crippen molar-refractivity contribution in [3.8, 4) is 17.2 Å². The van der Waals surface area contributed by atoms with Crippen LogP contribution in [-0.2, 0) is 4.79 Å². The maximum Gasteiger partial charge on any atom is 0.324 e. The number of nitrogens with two attached hydrogens (primary N) is 1. The molecule has 0 spiro atoms. The molecular weight excluding hydrogens is 226 g/mol. The molecular formula is C11H15NO5. The van der Waals surface area contributed by atoms with Gasteiger partial charge >= 0.3 is 5.97 Å². The topological polar surface area (TPSA) is 91.0 Å². The van der Waals surface area contributed by atoms with Crippen LogP contribution in [0.2, 0.25) is 0 Å². The van der Waals surface area contributed by atoms with Crippen molar-refractivity contribution in [2.24, 2.45) is 5.73 Å². The summed E-state index contributed by atoms with van der Waals surface area (Å²) in [4.78, 5) is 10.5. The van der Waals surface area contributed by atoms with Crippen molar-refractivity contribution in [1.82, 2.24) is 0 Å². The standard InChI is InChI=1S/C11H15NO5/c1-15-7-3-8(16-2)5-9(4-7)17-6-10(12)11(13)14/h3-5,10H,6,12H2,1-2H3,(H,13,14). The Balaban J connectivity index is 2.73. The summed E-state index contributed by atoms with van der Waals surface area (Å²) in [6, 6.07) is 3.87. The zero-order valence-corrected chi connectivity index (χ0v) is 9.67. The summed E-state index contributed by atoms with van der Waals surface area (Å²) in [6.07, 6.45) is 0. The third-order valence-corrected chi connectivity index (χ3v) is 2.07. The minimum absolute atomic E-state index is 0.119. The molecule has 0 saturated carbocycles. The average molecular weight is 241 g/mol. The van der Waals surface area contributed by atoms with Gasteiger partial charge in [-0.05, 0) is 0 Å². The first-order valence-electron chi connectivity index (χ1n) is 4.91. The van der Waals surface area contributed by atoms with E-state index in [0.717, 1.165) is 0 Å². The van der Waals surface area contributed by atoms with Crippen molar-refractivity contribution in [3.63, 3.8) is 0 Å². The van der Waals surface area contributed by atoms with E-state index < -0.39 is 12.0 Å². The smallest absolute Gasteiger partial charge is 0.324 e. The van der Waals surface area contributed by atoms with E-state index in [0.29, 0.717) is 17.2 Å². The predicted molar refractivity (Wildman–Crippen MR) is 60.7 cm³/mol. The highest BCUT2D eigenvalue weighted by molar-refractivity contribution is 5.73. The molecule has 1 rings (SSSR count). The summed E-state index contributed by atoms with van der Waals surface area (Å²) < 4.78 is 15.3. The number of hydrogen-bond donors (Lipinski definition) is 2. The number of rotatable bonds is 6. The van der Waals surface area contributed by atoms with Crippen LogP contribution in [0.25, 0.3) is 0 Å². The minimum atomic E-state index is -1.11. The molecule has 0 fully saturated rings. The van der Waals surface area contributed by atoms with E-state index >= 15 is 0 Å². The fourth-order valence-electron chi connectivity index (χ4n) is 1.12. The van der Waals surface area contributed by atoms with Gasteiger partial charge in [-0.15, -0.1) is 0 Å². The van der Waals surface area contributed by atoms with Crippen LogP contribution in [0.15, 0.2) is 18.2 Å². The average Bonchev–Trinajstić information content (AvgIpc) is 2.35. The molecule has 1 atom stereocenters. The van der Waals surface area contributed by atoms with Gasteiger partial charge in [-0.25, -0.2) is 0 Å². The van der Waals surface area contributed by atoms with Gasteiger partial charge < -0.3 is 25.1 Å². The lowest BCUT2D eigenvalue weighted by Gasteiger charge is -2.11. The molecule has 94 valence electrons. The van der Waals surface area contributed by atoms with E-state index in [1.165, 1.54) is 14.2 Å². The summed E-state index contributed by atoms with van der Waals surface area (Å²) in [6.45, 7) is -0.119. The monoisotopic (exact) mass is 241 g/mol. The van der Waals surface area contributed by atoms with Crippen molar-refractivity contribution >= 4 is 5.97 Å². The molecule has 0 radical (unpaired) electrons. The van der Waals surface area contributed by atoms with Gasteiger partial charge in [-0.1, -0.05) is 0 Å². The third-order valence-electron chi connectivity index (χ3n) is 2.07. The van der Waals surface area contributed by atoms with Crippen molar-refractivity contribution < 1.29 is 24.1 Å². The molecule has 6 nitrogen and oxygen atoms in total. The number of hydrogen-bond acceptors (Lipinski definition) is 5. The Bertz CT molecular complexity index is 371. The first kappa shape index (κ1) is 13.1. The van der Waals surface area contributed by atoms with Gasteiger partial charge in [-0.3, -0.25) is 4.79 Å². The van der Waals surface area contributed by atoms with Gasteiger partial charge in [0.1, 0.15) is 29.9 Å². The highest BCUT2D eigenvalue weighted by atomic mass is 16.5. The van der Waals surface area contributed by atoms with Crippen molar-refractivity contribution in [2.45, 2.75) is 6.04 Å². The summed E-state index contributed by atoms with van der Waals surface area (Å²) in [5, 5.41) is 8.61. The molecule has 1 aromatic rings. The molecule has 0 amide bonds. The molecule has 0 aliphatic carbocycles. The first-order chi connectivity index (χ1) is 8.06. The van der Waals surface area contributed by atoms with E-state index in [2.05, 4.69) is 0 Å². The van der Waals surface area contributed by atoms with Gasteiger partial charge in [0.15, 0.2) is 0 Å². The lowest BCUT2D eigenvalue weighted by atomic mass is 10.3. The Morgan fingerprint density at radius 3 is 2.12 bits per heavy atom. The van der Waals surface area contributed by atoms with Crippen LogP contribution < -0.4 is 19.9 Å². The van der Waals surface area contributed by atoms with E-state index in [9.17, 15) is 4.79 Å². The largest absolute Gasteiger partial charge is 0.496 e. The highest BCUT2D eigenvalue weighted by Crippen LogP contribution is 2.27. The number of benzene rings is 1. The Labute approximate surface area is 98.9 Å². The second kappa shape index (κ2) is 5.95. The van der Waals surface area contributed by atoms with E-state index in [1.54, 1.807) is 18.2 Å². The van der Waals surface area contributed by atoms with Crippen LogP contribution in [0.3, 0.4) is 0 Å². The fraction of sp³-hybridized carbons (Fsp3) is 0.364. The molecule has 3 N–H and O–H groups in total. The molecule has 1 unspecified atom stereocenters. The van der Waals surface area contributed by atoms with Crippen LogP contribution in [0, 0.1) is 0 Å². The number of aliphatic carboxylic acids is 1. The lowest BCUT2D eigenvalue weighted by molar-refractivity contribution is -0.139. The van der Waals surface area contributed by atoms with Crippen LogP contribution in [0.5, 0.6) is 17.2 Å². The number of carboxylic acid groups (broad SMARTS) is 1. The van der Waals surface area contributed by atoms with Crippen molar-refractivity contribution in [2.75, 3.05) is 20.8 Å². The highest BCUT2D eigenvalue weighted by Gasteiger charge is 2.12. The summed E-state index contributed by atoms with van der Waals surface area (Å²) in [7, 11) is 3.03. The fourth-order valence-corrected chi connectivity index (χ4v) is 1.12. The number of methoxy groups -OCH3 is 2. The number of carbonyl (C=O) groups is 1. The van der Waals surface area contributed by atoms with E-state index in [1.807, 2.05) is 0 Å². The van der Waals surface area contributed by atoms with Crippen LogP contribution in [0.4, 0.5) is 0 Å². The van der Waals surface area contributed by atoms with Gasteiger partial charge in [0.05, 0.1) is 14.2 Å². The quantitative estimate of drug-likeness (QED) is 0.753. The van der Waals surface area contributed by atoms with Crippen LogP contribution in [-0.4, -0.2) is 37.9 Å². The maximum absolute atomic E-state index is 10.5. The zero-order valence-electron chi connectivity index (χ0n) is 9.67. The SMILES string of the molecule is COc1cc(OC)cc(OCC(N)C(=O)O)c1. The molecule has 0 saturated heterocycles. The molecule has 0 heterocycles.